The third kappa shape index (κ3) is 3.92. The van der Waals surface area contributed by atoms with Gasteiger partial charge < -0.3 is 5.11 Å². The Balaban J connectivity index is 2.04. The van der Waals surface area contributed by atoms with Crippen molar-refractivity contribution in [3.05, 3.63) is 69.7 Å². The van der Waals surface area contributed by atoms with Crippen LogP contribution in [-0.2, 0) is 13.1 Å². The van der Waals surface area contributed by atoms with Crippen LogP contribution >= 0.6 is 15.9 Å². The minimum absolute atomic E-state index is 0.298. The van der Waals surface area contributed by atoms with Gasteiger partial charge in [0.1, 0.15) is 0 Å². The van der Waals surface area contributed by atoms with Crippen molar-refractivity contribution in [3.8, 4) is 0 Å². The van der Waals surface area contributed by atoms with E-state index in [1.807, 2.05) is 31.3 Å². The highest BCUT2D eigenvalue weighted by atomic mass is 79.9. The van der Waals surface area contributed by atoms with E-state index in [0.29, 0.717) is 5.56 Å². The predicted octanol–water partition coefficient (Wildman–Crippen LogP) is 3.78. The maximum atomic E-state index is 10.9. The smallest absolute Gasteiger partial charge is 0.335 e. The molecular weight excluding hydrogens is 318 g/mol. The molecule has 0 heterocycles. The molecule has 0 spiro atoms. The number of carbonyl (C=O) groups is 1. The van der Waals surface area contributed by atoms with Crippen LogP contribution in [0.25, 0.3) is 0 Å². The lowest BCUT2D eigenvalue weighted by molar-refractivity contribution is 0.0697. The molecule has 0 bridgehead atoms. The second-order valence-corrected chi connectivity index (χ2v) is 5.62. The molecule has 20 heavy (non-hydrogen) atoms. The molecule has 0 saturated heterocycles. The highest BCUT2D eigenvalue weighted by Crippen LogP contribution is 2.20. The van der Waals surface area contributed by atoms with E-state index in [1.165, 1.54) is 5.56 Å². The second kappa shape index (κ2) is 6.68. The molecule has 0 amide bonds. The molecular formula is C16H16BrNO2. The second-order valence-electron chi connectivity index (χ2n) is 4.77. The summed E-state index contributed by atoms with van der Waals surface area (Å²) in [4.78, 5) is 13.1. The first-order valence-corrected chi connectivity index (χ1v) is 7.10. The summed E-state index contributed by atoms with van der Waals surface area (Å²) in [6.07, 6.45) is 0. The van der Waals surface area contributed by atoms with Crippen LogP contribution in [0.5, 0.6) is 0 Å². The molecule has 4 heteroatoms. The number of carboxylic acids is 1. The molecule has 0 aliphatic heterocycles. The zero-order chi connectivity index (χ0) is 14.5. The molecule has 0 aromatic heterocycles. The zero-order valence-corrected chi connectivity index (χ0v) is 12.8. The normalized spacial score (nSPS) is 10.8. The summed E-state index contributed by atoms with van der Waals surface area (Å²) in [5, 5.41) is 8.95. The Labute approximate surface area is 127 Å². The molecule has 0 aliphatic carbocycles. The van der Waals surface area contributed by atoms with Gasteiger partial charge in [0, 0.05) is 17.6 Å². The molecule has 2 rings (SSSR count). The van der Waals surface area contributed by atoms with Crippen molar-refractivity contribution in [3.63, 3.8) is 0 Å². The Hall–Kier alpha value is -1.65. The quantitative estimate of drug-likeness (QED) is 0.905. The van der Waals surface area contributed by atoms with Gasteiger partial charge in [-0.1, -0.05) is 52.3 Å². The molecule has 2 aromatic carbocycles. The molecule has 0 atom stereocenters. The highest BCUT2D eigenvalue weighted by Gasteiger charge is 2.09. The standard InChI is InChI=1S/C16H16BrNO2/c1-18(10-12-5-3-2-4-6-12)11-14-8-7-13(16(19)20)9-15(14)17/h2-9H,10-11H2,1H3,(H,19,20). The highest BCUT2D eigenvalue weighted by molar-refractivity contribution is 9.10. The molecule has 104 valence electrons. The molecule has 3 nitrogen and oxygen atoms in total. The predicted molar refractivity (Wildman–Crippen MR) is 82.7 cm³/mol. The Morgan fingerprint density at radius 3 is 2.45 bits per heavy atom. The van der Waals surface area contributed by atoms with Gasteiger partial charge in [-0.05, 0) is 30.3 Å². The summed E-state index contributed by atoms with van der Waals surface area (Å²) in [7, 11) is 2.05. The number of halogens is 1. The van der Waals surface area contributed by atoms with Gasteiger partial charge in [-0.15, -0.1) is 0 Å². The average molecular weight is 334 g/mol. The molecule has 0 radical (unpaired) electrons. The van der Waals surface area contributed by atoms with E-state index in [1.54, 1.807) is 12.1 Å². The molecule has 0 unspecified atom stereocenters. The van der Waals surface area contributed by atoms with Crippen LogP contribution in [0.1, 0.15) is 21.5 Å². The number of aromatic carboxylic acids is 1. The van der Waals surface area contributed by atoms with E-state index in [-0.39, 0.29) is 0 Å². The van der Waals surface area contributed by atoms with Crippen molar-refractivity contribution in [1.82, 2.24) is 4.90 Å². The Kier molecular flexibility index (Phi) is 4.93. The van der Waals surface area contributed by atoms with Crippen LogP contribution in [0.4, 0.5) is 0 Å². The van der Waals surface area contributed by atoms with E-state index in [9.17, 15) is 4.79 Å². The van der Waals surface area contributed by atoms with Crippen LogP contribution in [0.15, 0.2) is 53.0 Å². The van der Waals surface area contributed by atoms with Crippen LogP contribution in [-0.4, -0.2) is 23.0 Å². The summed E-state index contributed by atoms with van der Waals surface area (Å²) < 4.78 is 0.831. The number of hydrogen-bond acceptors (Lipinski definition) is 2. The van der Waals surface area contributed by atoms with Crippen molar-refractivity contribution in [2.45, 2.75) is 13.1 Å². The lowest BCUT2D eigenvalue weighted by atomic mass is 10.1. The maximum Gasteiger partial charge on any atom is 0.335 e. The summed E-state index contributed by atoms with van der Waals surface area (Å²) >= 11 is 3.44. The maximum absolute atomic E-state index is 10.9. The topological polar surface area (TPSA) is 40.5 Å². The van der Waals surface area contributed by atoms with E-state index < -0.39 is 5.97 Å². The van der Waals surface area contributed by atoms with Gasteiger partial charge in [0.05, 0.1) is 5.56 Å². The minimum Gasteiger partial charge on any atom is -0.478 e. The molecule has 0 saturated carbocycles. The van der Waals surface area contributed by atoms with Gasteiger partial charge in [0.25, 0.3) is 0 Å². The minimum atomic E-state index is -0.908. The number of benzene rings is 2. The fourth-order valence-electron chi connectivity index (χ4n) is 2.05. The van der Waals surface area contributed by atoms with Gasteiger partial charge in [0.15, 0.2) is 0 Å². The Morgan fingerprint density at radius 1 is 1.15 bits per heavy atom. The van der Waals surface area contributed by atoms with Gasteiger partial charge >= 0.3 is 5.97 Å². The van der Waals surface area contributed by atoms with Crippen LogP contribution in [0.3, 0.4) is 0 Å². The van der Waals surface area contributed by atoms with E-state index in [0.717, 1.165) is 23.1 Å². The summed E-state index contributed by atoms with van der Waals surface area (Å²) in [5.74, 6) is -0.908. The Morgan fingerprint density at radius 2 is 1.85 bits per heavy atom. The van der Waals surface area contributed by atoms with E-state index in [2.05, 4.69) is 33.0 Å². The Bertz CT molecular complexity index is 599. The fourth-order valence-corrected chi connectivity index (χ4v) is 2.55. The average Bonchev–Trinajstić information content (AvgIpc) is 2.42. The summed E-state index contributed by atoms with van der Waals surface area (Å²) in [6, 6.07) is 15.4. The first-order chi connectivity index (χ1) is 9.56. The summed E-state index contributed by atoms with van der Waals surface area (Å²) in [6.45, 7) is 1.61. The largest absolute Gasteiger partial charge is 0.478 e. The number of nitrogens with zero attached hydrogens (tertiary/aromatic N) is 1. The van der Waals surface area contributed by atoms with Gasteiger partial charge in [-0.25, -0.2) is 4.79 Å². The summed E-state index contributed by atoms with van der Waals surface area (Å²) in [5.41, 5.74) is 2.63. The van der Waals surface area contributed by atoms with Crippen molar-refractivity contribution in [2.75, 3.05) is 7.05 Å². The monoisotopic (exact) mass is 333 g/mol. The fraction of sp³-hybridized carbons (Fsp3) is 0.188. The van der Waals surface area contributed by atoms with Gasteiger partial charge in [-0.2, -0.15) is 0 Å². The van der Waals surface area contributed by atoms with Crippen molar-refractivity contribution < 1.29 is 9.90 Å². The third-order valence-electron chi connectivity index (χ3n) is 3.04. The molecule has 2 aromatic rings. The zero-order valence-electron chi connectivity index (χ0n) is 11.2. The molecule has 1 N–H and O–H groups in total. The van der Waals surface area contributed by atoms with Crippen LogP contribution in [0.2, 0.25) is 0 Å². The van der Waals surface area contributed by atoms with E-state index >= 15 is 0 Å². The lowest BCUT2D eigenvalue weighted by Gasteiger charge is -2.18. The molecule has 0 fully saturated rings. The third-order valence-corrected chi connectivity index (χ3v) is 3.77. The first kappa shape index (κ1) is 14.8. The van der Waals surface area contributed by atoms with Crippen molar-refractivity contribution in [2.24, 2.45) is 0 Å². The van der Waals surface area contributed by atoms with Crippen molar-refractivity contribution >= 4 is 21.9 Å². The van der Waals surface area contributed by atoms with Gasteiger partial charge in [0.2, 0.25) is 0 Å². The first-order valence-electron chi connectivity index (χ1n) is 6.30. The number of hydrogen-bond donors (Lipinski definition) is 1. The molecule has 0 aliphatic rings. The number of rotatable bonds is 5. The van der Waals surface area contributed by atoms with Gasteiger partial charge in [-0.3, -0.25) is 4.90 Å². The van der Waals surface area contributed by atoms with Crippen LogP contribution in [0, 0.1) is 0 Å². The lowest BCUT2D eigenvalue weighted by Crippen LogP contribution is -2.17. The number of carboxylic acid groups (broad SMARTS) is 1. The SMILES string of the molecule is CN(Cc1ccccc1)Cc1ccc(C(=O)O)cc1Br. The van der Waals surface area contributed by atoms with E-state index in [4.69, 9.17) is 5.11 Å². The van der Waals surface area contributed by atoms with Crippen molar-refractivity contribution in [1.29, 1.82) is 0 Å². The van der Waals surface area contributed by atoms with Crippen LogP contribution < -0.4 is 0 Å².